The van der Waals surface area contributed by atoms with Crippen LogP contribution in [0.3, 0.4) is 0 Å². The molecule has 1 fully saturated rings. The van der Waals surface area contributed by atoms with Gasteiger partial charge in [0, 0.05) is 42.3 Å². The SMILES string of the molecule is CC(C)(COP(=O)([O-])OP(=O)([O-])OC[C@H]1O[C@@H](n2cnc3c(N)ncnc32)[C@H](O)[C@@H]1OP(=O)([O-])[O-])[C@@H](O)C(=O)NCCC(=O)NCCSC(=O)/C=C/c1cc(O)c(O)cc1O. The smallest absolute Gasteiger partial charge is 0.274 e. The van der Waals surface area contributed by atoms with Gasteiger partial charge in [0.2, 0.25) is 16.9 Å². The van der Waals surface area contributed by atoms with Crippen molar-refractivity contribution in [1.82, 2.24) is 30.2 Å². The maximum atomic E-state index is 12.6. The molecule has 3 heterocycles. The largest absolute Gasteiger partial charge is 0.790 e. The van der Waals surface area contributed by atoms with E-state index in [9.17, 15) is 73.2 Å². The number of benzene rings is 1. The lowest BCUT2D eigenvalue weighted by atomic mass is 9.87. The summed E-state index contributed by atoms with van der Waals surface area (Å²) in [6, 6.07) is 1.94. The number of amides is 2. The number of phenols is 3. The fourth-order valence-electron chi connectivity index (χ4n) is 5.18. The lowest BCUT2D eigenvalue weighted by Crippen LogP contribution is -2.46. The zero-order valence-electron chi connectivity index (χ0n) is 31.6. The van der Waals surface area contributed by atoms with Crippen LogP contribution in [-0.4, -0.2) is 118 Å². The zero-order chi connectivity index (χ0) is 45.5. The predicted octanol–water partition coefficient (Wildman–Crippen LogP) is -3.03. The number of phosphoric acid groups is 3. The number of nitrogens with two attached hydrogens (primary N) is 1. The van der Waals surface area contributed by atoms with E-state index in [1.807, 2.05) is 0 Å². The van der Waals surface area contributed by atoms with Gasteiger partial charge >= 0.3 is 0 Å². The van der Waals surface area contributed by atoms with Crippen LogP contribution >= 0.6 is 35.2 Å². The molecule has 0 saturated carbocycles. The fourth-order valence-corrected chi connectivity index (χ4v) is 8.49. The number of aliphatic hydroxyl groups is 2. The normalized spacial score (nSPS) is 20.9. The number of ether oxygens (including phenoxy) is 1. The number of nitrogens with zero attached hydrogens (tertiary/aromatic N) is 4. The van der Waals surface area contributed by atoms with Crippen molar-refractivity contribution >= 4 is 75.2 Å². The van der Waals surface area contributed by atoms with E-state index >= 15 is 0 Å². The number of carbonyl (C=O) groups excluding carboxylic acids is 3. The highest BCUT2D eigenvalue weighted by atomic mass is 32.2. The van der Waals surface area contributed by atoms with Gasteiger partial charge in [-0.3, -0.25) is 28.1 Å². The number of aromatic nitrogens is 4. The van der Waals surface area contributed by atoms with Gasteiger partial charge in [-0.2, -0.15) is 0 Å². The molecule has 2 unspecified atom stereocenters. The van der Waals surface area contributed by atoms with Crippen LogP contribution in [0.25, 0.3) is 17.2 Å². The number of aliphatic hydroxyl groups excluding tert-OH is 2. The van der Waals surface area contributed by atoms with Gasteiger partial charge in [-0.15, -0.1) is 0 Å². The number of imidazole rings is 1. The number of nitrogen functional groups attached to an aromatic ring is 1. The molecular formula is C30H38N7O20P3S-4. The average molecular weight is 942 g/mol. The molecule has 3 aromatic rings. The van der Waals surface area contributed by atoms with Crippen molar-refractivity contribution < 1.29 is 95.8 Å². The Morgan fingerprint density at radius 3 is 2.38 bits per heavy atom. The second-order valence-corrected chi connectivity index (χ2v) is 18.5. The number of anilines is 1. The summed E-state index contributed by atoms with van der Waals surface area (Å²) in [6.07, 6.45) is -5.52. The van der Waals surface area contributed by atoms with E-state index in [4.69, 9.17) is 10.5 Å². The van der Waals surface area contributed by atoms with Gasteiger partial charge in [-0.05, 0) is 18.2 Å². The van der Waals surface area contributed by atoms with Gasteiger partial charge in [0.25, 0.3) is 15.6 Å². The molecule has 7 atom stereocenters. The molecule has 31 heteroatoms. The Morgan fingerprint density at radius 1 is 1.02 bits per heavy atom. The highest BCUT2D eigenvalue weighted by molar-refractivity contribution is 8.14. The van der Waals surface area contributed by atoms with Crippen molar-refractivity contribution in [2.75, 3.05) is 37.8 Å². The highest BCUT2D eigenvalue weighted by Gasteiger charge is 2.47. The third-order valence-corrected chi connectivity index (χ3v) is 12.1. The summed E-state index contributed by atoms with van der Waals surface area (Å²) in [6.45, 7) is -0.272. The molecule has 2 amide bonds. The Morgan fingerprint density at radius 2 is 1.69 bits per heavy atom. The van der Waals surface area contributed by atoms with E-state index in [1.165, 1.54) is 6.08 Å². The van der Waals surface area contributed by atoms with Crippen LogP contribution in [0.2, 0.25) is 0 Å². The summed E-state index contributed by atoms with van der Waals surface area (Å²) in [7, 11) is -17.7. The number of carbonyl (C=O) groups is 3. The molecule has 1 aromatic carbocycles. The number of nitrogens with one attached hydrogen (secondary N) is 2. The Bertz CT molecular complexity index is 2260. The van der Waals surface area contributed by atoms with Crippen molar-refractivity contribution in [3.05, 3.63) is 36.4 Å². The van der Waals surface area contributed by atoms with Crippen molar-refractivity contribution in [1.29, 1.82) is 0 Å². The van der Waals surface area contributed by atoms with E-state index in [-0.39, 0.29) is 53.6 Å². The number of thioether (sulfide) groups is 1. The van der Waals surface area contributed by atoms with Gasteiger partial charge in [0.15, 0.2) is 29.2 Å². The number of phosphoric ester groups is 3. The lowest BCUT2D eigenvalue weighted by molar-refractivity contribution is -0.347. The summed E-state index contributed by atoms with van der Waals surface area (Å²) in [5.74, 6) is -3.01. The Labute approximate surface area is 348 Å². The van der Waals surface area contributed by atoms with Crippen LogP contribution in [0.1, 0.15) is 32.1 Å². The Balaban J connectivity index is 1.20. The minimum absolute atomic E-state index is 0.0286. The highest BCUT2D eigenvalue weighted by Crippen LogP contribution is 2.56. The molecule has 338 valence electrons. The molecule has 2 aromatic heterocycles. The third kappa shape index (κ3) is 14.2. The summed E-state index contributed by atoms with van der Waals surface area (Å²) < 4.78 is 60.5. The molecular weight excluding hydrogens is 903 g/mol. The van der Waals surface area contributed by atoms with Gasteiger partial charge in [-0.1, -0.05) is 25.6 Å². The molecule has 0 spiro atoms. The van der Waals surface area contributed by atoms with Crippen LogP contribution in [-0.2, 0) is 50.7 Å². The van der Waals surface area contributed by atoms with E-state index in [1.54, 1.807) is 0 Å². The molecule has 9 N–H and O–H groups in total. The molecule has 0 radical (unpaired) electrons. The zero-order valence-corrected chi connectivity index (χ0v) is 35.1. The van der Waals surface area contributed by atoms with Crippen LogP contribution in [0, 0.1) is 5.41 Å². The van der Waals surface area contributed by atoms with Crippen LogP contribution in [0.5, 0.6) is 17.2 Å². The number of fused-ring (bicyclic) bond motifs is 1. The summed E-state index contributed by atoms with van der Waals surface area (Å²) in [5, 5.41) is 54.3. The minimum atomic E-state index is -5.95. The van der Waals surface area contributed by atoms with Crippen molar-refractivity contribution in [3.63, 3.8) is 0 Å². The van der Waals surface area contributed by atoms with E-state index in [2.05, 4.69) is 43.5 Å². The van der Waals surface area contributed by atoms with Crippen molar-refractivity contribution in [2.24, 2.45) is 5.41 Å². The summed E-state index contributed by atoms with van der Waals surface area (Å²) >= 11 is 0.811. The van der Waals surface area contributed by atoms with Crippen molar-refractivity contribution in [3.8, 4) is 17.2 Å². The van der Waals surface area contributed by atoms with Gasteiger partial charge in [0.1, 0.15) is 42.0 Å². The predicted molar refractivity (Wildman–Crippen MR) is 199 cm³/mol. The quantitative estimate of drug-likeness (QED) is 0.0173. The molecule has 0 aliphatic carbocycles. The van der Waals surface area contributed by atoms with E-state index in [0.29, 0.717) is 0 Å². The number of hydrogen-bond donors (Lipinski definition) is 8. The molecule has 27 nitrogen and oxygen atoms in total. The first kappa shape index (κ1) is 49.6. The third-order valence-electron chi connectivity index (χ3n) is 8.24. The Kier molecular flexibility index (Phi) is 16.6. The van der Waals surface area contributed by atoms with Gasteiger partial charge in [0.05, 0.1) is 27.4 Å². The van der Waals surface area contributed by atoms with E-state index in [0.717, 1.165) is 61.0 Å². The van der Waals surface area contributed by atoms with Gasteiger partial charge < -0.3 is 84.3 Å². The first-order valence-corrected chi connectivity index (χ1v) is 22.6. The standard InChI is InChI=1S/C30H42N7O20P3S/c1-30(2,25(44)28(45)33-6-5-20(41)32-7-8-61-21(42)4-3-15-9-17(39)18(40)10-16(15)38)12-54-60(51,52)57-59(49,50)53-11-19-24(56-58(46,47)48)23(43)29(55-19)37-14-36-22-26(31)34-13-35-27(22)37/h3-4,9-10,13-14,19,23-25,29,38-40,43-44H,5-8,11-12H2,1-2H3,(H,32,41)(H,33,45)(H,49,50)(H,51,52)(H2,31,34,35)(H2,46,47,48)/p-4/b4-3+/t19-,23-,24-,25+,29-/m1/s1. The summed E-state index contributed by atoms with van der Waals surface area (Å²) in [4.78, 5) is 96.2. The monoisotopic (exact) mass is 941 g/mol. The van der Waals surface area contributed by atoms with Crippen LogP contribution in [0.4, 0.5) is 5.82 Å². The maximum Gasteiger partial charge on any atom is 0.274 e. The molecule has 61 heavy (non-hydrogen) atoms. The Hall–Kier alpha value is -4.08. The first-order valence-electron chi connectivity index (χ1n) is 17.2. The molecule has 0 bridgehead atoms. The average Bonchev–Trinajstić information content (AvgIpc) is 3.72. The van der Waals surface area contributed by atoms with Crippen LogP contribution in [0.15, 0.2) is 30.9 Å². The first-order chi connectivity index (χ1) is 28.3. The minimum Gasteiger partial charge on any atom is -0.790 e. The number of hydrogen-bond acceptors (Lipinski definition) is 25. The molecule has 1 aliphatic rings. The topological polar surface area (TPSA) is 436 Å². The summed E-state index contributed by atoms with van der Waals surface area (Å²) in [5.41, 5.74) is 4.06. The van der Waals surface area contributed by atoms with Crippen LogP contribution < -0.4 is 35.9 Å². The fraction of sp³-hybridized carbons (Fsp3) is 0.467. The second kappa shape index (κ2) is 20.4. The molecule has 1 saturated heterocycles. The number of phenolic OH excluding ortho intramolecular Hbond substituents is 3. The molecule has 1 aliphatic heterocycles. The van der Waals surface area contributed by atoms with Gasteiger partial charge in [-0.25, -0.2) is 19.3 Å². The lowest BCUT2D eigenvalue weighted by Gasteiger charge is -2.36. The van der Waals surface area contributed by atoms with E-state index < -0.39 is 101 Å². The maximum absolute atomic E-state index is 12.6. The molecule has 4 rings (SSSR count). The number of aromatic hydroxyl groups is 3. The second-order valence-electron chi connectivity index (χ2n) is 13.4. The van der Waals surface area contributed by atoms with Crippen molar-refractivity contribution in [2.45, 2.75) is 50.9 Å². The number of rotatable bonds is 21.